The Hall–Kier alpha value is -0.0900. The van der Waals surface area contributed by atoms with E-state index in [2.05, 4.69) is 0 Å². The summed E-state index contributed by atoms with van der Waals surface area (Å²) in [6.45, 7) is 0. The molecule has 0 aromatic heterocycles. The molecule has 1 atom stereocenters. The van der Waals surface area contributed by atoms with E-state index >= 15 is 0 Å². The Morgan fingerprint density at radius 2 is 1.87 bits per heavy atom. The van der Waals surface area contributed by atoms with E-state index in [4.69, 9.17) is 28.9 Å². The molecule has 1 aromatic rings. The van der Waals surface area contributed by atoms with Crippen molar-refractivity contribution in [2.75, 3.05) is 0 Å². The molecule has 6 heteroatoms. The second-order valence-electron chi connectivity index (χ2n) is 2.90. The van der Waals surface area contributed by atoms with Gasteiger partial charge in [-0.25, -0.2) is 8.78 Å². The van der Waals surface area contributed by atoms with Gasteiger partial charge in [0.25, 0.3) is 0 Å². The standard InChI is InChI=1S/C9H9Cl2F2N.ClH/c10-5-1-2-7(11)6(3-5)8(14)4-9(12)13;/h1-3,8-9H,4,14H2;1H/t8-;/m1./s1. The average Bonchev–Trinajstić information content (AvgIpc) is 2.08. The molecular formula is C9H10Cl3F2N. The van der Waals surface area contributed by atoms with Crippen LogP contribution in [0.25, 0.3) is 0 Å². The highest BCUT2D eigenvalue weighted by molar-refractivity contribution is 6.33. The second-order valence-corrected chi connectivity index (χ2v) is 3.74. The molecule has 0 fully saturated rings. The SMILES string of the molecule is Cl.N[C@H](CC(F)F)c1cc(Cl)ccc1Cl. The van der Waals surface area contributed by atoms with Crippen molar-refractivity contribution in [3.63, 3.8) is 0 Å². The van der Waals surface area contributed by atoms with Gasteiger partial charge in [-0.05, 0) is 23.8 Å². The summed E-state index contributed by atoms with van der Waals surface area (Å²) in [5.74, 6) is 0. The van der Waals surface area contributed by atoms with Crippen LogP contribution in [-0.4, -0.2) is 6.43 Å². The first kappa shape index (κ1) is 14.9. The summed E-state index contributed by atoms with van der Waals surface area (Å²) in [6, 6.07) is 3.87. The van der Waals surface area contributed by atoms with Crippen molar-refractivity contribution in [2.24, 2.45) is 5.73 Å². The molecule has 15 heavy (non-hydrogen) atoms. The van der Waals surface area contributed by atoms with Crippen LogP contribution in [0.2, 0.25) is 10.0 Å². The minimum absolute atomic E-state index is 0. The zero-order valence-electron chi connectivity index (χ0n) is 7.59. The Morgan fingerprint density at radius 1 is 1.27 bits per heavy atom. The van der Waals surface area contributed by atoms with Crippen molar-refractivity contribution in [1.82, 2.24) is 0 Å². The highest BCUT2D eigenvalue weighted by atomic mass is 35.5. The summed E-state index contributed by atoms with van der Waals surface area (Å²) in [6.07, 6.45) is -2.86. The lowest BCUT2D eigenvalue weighted by atomic mass is 10.1. The van der Waals surface area contributed by atoms with Gasteiger partial charge in [0, 0.05) is 22.5 Å². The molecule has 0 aliphatic rings. The molecule has 0 saturated carbocycles. The van der Waals surface area contributed by atoms with Gasteiger partial charge in [0.2, 0.25) is 6.43 Å². The lowest BCUT2D eigenvalue weighted by Gasteiger charge is -2.13. The molecule has 1 aromatic carbocycles. The third-order valence-electron chi connectivity index (χ3n) is 1.79. The Kier molecular flexibility index (Phi) is 6.44. The van der Waals surface area contributed by atoms with Crippen molar-refractivity contribution >= 4 is 35.6 Å². The topological polar surface area (TPSA) is 26.0 Å². The summed E-state index contributed by atoms with van der Waals surface area (Å²) < 4.78 is 24.1. The normalized spacial score (nSPS) is 12.4. The molecule has 0 aliphatic carbocycles. The molecule has 0 saturated heterocycles. The van der Waals surface area contributed by atoms with E-state index in [0.29, 0.717) is 15.6 Å². The minimum Gasteiger partial charge on any atom is -0.324 e. The van der Waals surface area contributed by atoms with Gasteiger partial charge in [-0.2, -0.15) is 0 Å². The number of rotatable bonds is 3. The van der Waals surface area contributed by atoms with Crippen molar-refractivity contribution in [3.8, 4) is 0 Å². The summed E-state index contributed by atoms with van der Waals surface area (Å²) in [5.41, 5.74) is 6.00. The predicted octanol–water partition coefficient (Wildman–Crippen LogP) is 4.07. The number of nitrogens with two attached hydrogens (primary N) is 1. The van der Waals surface area contributed by atoms with E-state index in [0.717, 1.165) is 0 Å². The van der Waals surface area contributed by atoms with E-state index < -0.39 is 18.9 Å². The minimum atomic E-state index is -2.44. The summed E-state index contributed by atoms with van der Waals surface area (Å²) in [4.78, 5) is 0. The van der Waals surface area contributed by atoms with Gasteiger partial charge >= 0.3 is 0 Å². The van der Waals surface area contributed by atoms with Crippen LogP contribution in [0.3, 0.4) is 0 Å². The molecule has 0 unspecified atom stereocenters. The zero-order valence-corrected chi connectivity index (χ0v) is 9.92. The van der Waals surface area contributed by atoms with Crippen LogP contribution in [-0.2, 0) is 0 Å². The van der Waals surface area contributed by atoms with Gasteiger partial charge in [0.05, 0.1) is 0 Å². The monoisotopic (exact) mass is 275 g/mol. The third kappa shape index (κ3) is 4.51. The Bertz CT molecular complexity index is 320. The largest absolute Gasteiger partial charge is 0.324 e. The molecule has 0 spiro atoms. The van der Waals surface area contributed by atoms with Gasteiger partial charge < -0.3 is 5.73 Å². The maximum absolute atomic E-state index is 12.0. The molecule has 1 nitrogen and oxygen atoms in total. The van der Waals surface area contributed by atoms with Crippen molar-refractivity contribution in [3.05, 3.63) is 33.8 Å². The van der Waals surface area contributed by atoms with Gasteiger partial charge in [0.1, 0.15) is 0 Å². The fourth-order valence-electron chi connectivity index (χ4n) is 1.12. The Balaban J connectivity index is 0.00000196. The van der Waals surface area contributed by atoms with Crippen LogP contribution >= 0.6 is 35.6 Å². The predicted molar refractivity (Wildman–Crippen MR) is 61.3 cm³/mol. The van der Waals surface area contributed by atoms with Crippen molar-refractivity contribution < 1.29 is 8.78 Å². The van der Waals surface area contributed by atoms with Crippen molar-refractivity contribution in [1.29, 1.82) is 0 Å². The molecule has 0 amide bonds. The van der Waals surface area contributed by atoms with Gasteiger partial charge in [-0.1, -0.05) is 23.2 Å². The number of alkyl halides is 2. The molecule has 0 bridgehead atoms. The first-order chi connectivity index (χ1) is 6.50. The summed E-state index contributed by atoms with van der Waals surface area (Å²) in [5, 5.41) is 0.802. The van der Waals surface area contributed by atoms with Crippen molar-refractivity contribution in [2.45, 2.75) is 18.9 Å². The maximum atomic E-state index is 12.0. The molecule has 1 rings (SSSR count). The number of benzene rings is 1. The molecule has 0 aliphatic heterocycles. The van der Waals surface area contributed by atoms with E-state index in [9.17, 15) is 8.78 Å². The second kappa shape index (κ2) is 6.48. The first-order valence-electron chi connectivity index (χ1n) is 3.99. The fourth-order valence-corrected chi connectivity index (χ4v) is 1.56. The van der Waals surface area contributed by atoms with E-state index in [1.54, 1.807) is 12.1 Å². The molecular weight excluding hydrogens is 266 g/mol. The van der Waals surface area contributed by atoms with Gasteiger partial charge in [0.15, 0.2) is 0 Å². The quantitative estimate of drug-likeness (QED) is 0.885. The smallest absolute Gasteiger partial charge is 0.240 e. The summed E-state index contributed by atoms with van der Waals surface area (Å²) in [7, 11) is 0. The van der Waals surface area contributed by atoms with Crippen LogP contribution in [0, 0.1) is 0 Å². The Morgan fingerprint density at radius 3 is 2.40 bits per heavy atom. The van der Waals surface area contributed by atoms with Crippen LogP contribution in [0.1, 0.15) is 18.0 Å². The van der Waals surface area contributed by atoms with E-state index in [-0.39, 0.29) is 12.4 Å². The average molecular weight is 277 g/mol. The highest BCUT2D eigenvalue weighted by Gasteiger charge is 2.15. The van der Waals surface area contributed by atoms with Gasteiger partial charge in [-0.3, -0.25) is 0 Å². The molecule has 0 radical (unpaired) electrons. The lowest BCUT2D eigenvalue weighted by Crippen LogP contribution is -2.14. The Labute approximate surface area is 103 Å². The lowest BCUT2D eigenvalue weighted by molar-refractivity contribution is 0.128. The molecule has 86 valence electrons. The maximum Gasteiger partial charge on any atom is 0.240 e. The van der Waals surface area contributed by atoms with Crippen LogP contribution in [0.5, 0.6) is 0 Å². The number of halogens is 5. The fraction of sp³-hybridized carbons (Fsp3) is 0.333. The zero-order chi connectivity index (χ0) is 10.7. The highest BCUT2D eigenvalue weighted by Crippen LogP contribution is 2.28. The third-order valence-corrected chi connectivity index (χ3v) is 2.37. The molecule has 2 N–H and O–H groups in total. The van der Waals surface area contributed by atoms with Gasteiger partial charge in [-0.15, -0.1) is 12.4 Å². The number of hydrogen-bond donors (Lipinski definition) is 1. The summed E-state index contributed by atoms with van der Waals surface area (Å²) >= 11 is 11.5. The van der Waals surface area contributed by atoms with E-state index in [1.807, 2.05) is 0 Å². The first-order valence-corrected chi connectivity index (χ1v) is 4.75. The number of hydrogen-bond acceptors (Lipinski definition) is 1. The van der Waals surface area contributed by atoms with Crippen LogP contribution < -0.4 is 5.73 Å². The molecule has 0 heterocycles. The van der Waals surface area contributed by atoms with Crippen LogP contribution in [0.4, 0.5) is 8.78 Å². The van der Waals surface area contributed by atoms with E-state index in [1.165, 1.54) is 6.07 Å². The van der Waals surface area contributed by atoms with Crippen LogP contribution in [0.15, 0.2) is 18.2 Å².